The molecule has 0 atom stereocenters. The molecule has 136 valence electrons. The van der Waals surface area contributed by atoms with Crippen LogP contribution < -0.4 is 10.6 Å². The second-order valence-electron chi connectivity index (χ2n) is 6.69. The van der Waals surface area contributed by atoms with Gasteiger partial charge in [0.2, 0.25) is 0 Å². The van der Waals surface area contributed by atoms with Gasteiger partial charge in [0.1, 0.15) is 6.10 Å². The van der Waals surface area contributed by atoms with Gasteiger partial charge in [0, 0.05) is 11.4 Å². The highest BCUT2D eigenvalue weighted by Crippen LogP contribution is 2.22. The zero-order valence-electron chi connectivity index (χ0n) is 15.0. The van der Waals surface area contributed by atoms with Crippen LogP contribution in [0.3, 0.4) is 0 Å². The lowest BCUT2D eigenvalue weighted by atomic mass is 9.98. The number of carbonyl (C=O) groups is 2. The molecule has 0 bridgehead atoms. The van der Waals surface area contributed by atoms with Crippen LogP contribution in [0.15, 0.2) is 48.5 Å². The molecule has 0 unspecified atom stereocenters. The van der Waals surface area contributed by atoms with Gasteiger partial charge in [-0.2, -0.15) is 0 Å². The molecule has 0 spiro atoms. The summed E-state index contributed by atoms with van der Waals surface area (Å²) in [6.45, 7) is 1.99. The van der Waals surface area contributed by atoms with E-state index in [4.69, 9.17) is 4.74 Å². The van der Waals surface area contributed by atoms with Crippen molar-refractivity contribution in [1.82, 2.24) is 0 Å². The van der Waals surface area contributed by atoms with Crippen molar-refractivity contribution in [2.24, 2.45) is 0 Å². The minimum Gasteiger partial charge on any atom is -0.459 e. The van der Waals surface area contributed by atoms with E-state index in [0.29, 0.717) is 11.3 Å². The van der Waals surface area contributed by atoms with Gasteiger partial charge in [-0.3, -0.25) is 0 Å². The fourth-order valence-corrected chi connectivity index (χ4v) is 3.02. The summed E-state index contributed by atoms with van der Waals surface area (Å²) in [7, 11) is 0. The molecule has 2 amide bonds. The van der Waals surface area contributed by atoms with E-state index in [0.717, 1.165) is 36.9 Å². The highest BCUT2D eigenvalue weighted by molar-refractivity contribution is 6.00. The van der Waals surface area contributed by atoms with Crippen molar-refractivity contribution in [3.8, 4) is 0 Å². The summed E-state index contributed by atoms with van der Waals surface area (Å²) in [6, 6.07) is 14.0. The predicted octanol–water partition coefficient (Wildman–Crippen LogP) is 5.13. The zero-order chi connectivity index (χ0) is 18.4. The molecule has 0 heterocycles. The van der Waals surface area contributed by atoms with Gasteiger partial charge in [-0.1, -0.05) is 24.1 Å². The van der Waals surface area contributed by atoms with Crippen LogP contribution in [0.5, 0.6) is 0 Å². The summed E-state index contributed by atoms with van der Waals surface area (Å²) < 4.78 is 5.55. The number of urea groups is 1. The Labute approximate surface area is 153 Å². The molecule has 1 saturated carbocycles. The summed E-state index contributed by atoms with van der Waals surface area (Å²) >= 11 is 0. The Morgan fingerprint density at radius 3 is 1.96 bits per heavy atom. The number of nitrogens with one attached hydrogen (secondary N) is 2. The molecule has 2 N–H and O–H groups in total. The van der Waals surface area contributed by atoms with Crippen LogP contribution in [0.4, 0.5) is 16.2 Å². The van der Waals surface area contributed by atoms with Gasteiger partial charge in [0.25, 0.3) is 0 Å². The van der Waals surface area contributed by atoms with Crippen LogP contribution in [0.1, 0.15) is 48.0 Å². The van der Waals surface area contributed by atoms with Gasteiger partial charge in [-0.25, -0.2) is 9.59 Å². The van der Waals surface area contributed by atoms with E-state index in [1.807, 2.05) is 31.2 Å². The molecule has 1 aliphatic rings. The molecule has 1 fully saturated rings. The van der Waals surface area contributed by atoms with E-state index in [9.17, 15) is 9.59 Å². The maximum Gasteiger partial charge on any atom is 0.338 e. The quantitative estimate of drug-likeness (QED) is 0.750. The third-order valence-electron chi connectivity index (χ3n) is 4.51. The Kier molecular flexibility index (Phi) is 5.89. The summed E-state index contributed by atoms with van der Waals surface area (Å²) in [4.78, 5) is 24.2. The van der Waals surface area contributed by atoms with E-state index in [1.54, 1.807) is 24.3 Å². The van der Waals surface area contributed by atoms with Crippen molar-refractivity contribution >= 4 is 23.4 Å². The van der Waals surface area contributed by atoms with Gasteiger partial charge < -0.3 is 15.4 Å². The van der Waals surface area contributed by atoms with Crippen LogP contribution in [-0.2, 0) is 4.74 Å². The number of rotatable bonds is 4. The number of anilines is 2. The van der Waals surface area contributed by atoms with Crippen molar-refractivity contribution in [3.05, 3.63) is 59.7 Å². The third-order valence-corrected chi connectivity index (χ3v) is 4.51. The summed E-state index contributed by atoms with van der Waals surface area (Å²) in [6.07, 6.45) is 5.40. The fourth-order valence-electron chi connectivity index (χ4n) is 3.02. The highest BCUT2D eigenvalue weighted by atomic mass is 16.5. The monoisotopic (exact) mass is 352 g/mol. The maximum atomic E-state index is 12.2. The molecule has 2 aromatic rings. The van der Waals surface area contributed by atoms with Gasteiger partial charge in [0.05, 0.1) is 5.56 Å². The van der Waals surface area contributed by atoms with Crippen molar-refractivity contribution < 1.29 is 14.3 Å². The van der Waals surface area contributed by atoms with Crippen molar-refractivity contribution in [2.45, 2.75) is 45.1 Å². The molecule has 5 heteroatoms. The zero-order valence-corrected chi connectivity index (χ0v) is 15.0. The Hall–Kier alpha value is -2.82. The van der Waals surface area contributed by atoms with Crippen molar-refractivity contribution in [2.75, 3.05) is 10.6 Å². The number of benzene rings is 2. The molecule has 0 saturated heterocycles. The number of esters is 1. The topological polar surface area (TPSA) is 67.4 Å². The van der Waals surface area contributed by atoms with Crippen molar-refractivity contribution in [1.29, 1.82) is 0 Å². The Morgan fingerprint density at radius 1 is 0.846 bits per heavy atom. The Balaban J connectivity index is 1.52. The highest BCUT2D eigenvalue weighted by Gasteiger charge is 2.18. The SMILES string of the molecule is Cc1ccc(NC(=O)Nc2ccc(C(=O)OC3CCCCC3)cc2)cc1. The standard InChI is InChI=1S/C21H24N2O3/c1-15-7-11-17(12-8-15)22-21(25)23-18-13-9-16(10-14-18)20(24)26-19-5-3-2-4-6-19/h7-14,19H,2-6H2,1H3,(H2,22,23,25). The van der Waals surface area contributed by atoms with Crippen LogP contribution in [0.25, 0.3) is 0 Å². The molecule has 2 aromatic carbocycles. The first kappa shape index (κ1) is 18.0. The van der Waals surface area contributed by atoms with Crippen LogP contribution in [0.2, 0.25) is 0 Å². The predicted molar refractivity (Wildman–Crippen MR) is 103 cm³/mol. The molecule has 0 aromatic heterocycles. The number of carbonyl (C=O) groups excluding carboxylic acids is 2. The smallest absolute Gasteiger partial charge is 0.338 e. The third kappa shape index (κ3) is 5.09. The maximum absolute atomic E-state index is 12.2. The molecular formula is C21H24N2O3. The van der Waals surface area contributed by atoms with Crippen LogP contribution in [-0.4, -0.2) is 18.1 Å². The molecule has 26 heavy (non-hydrogen) atoms. The van der Waals surface area contributed by atoms with E-state index >= 15 is 0 Å². The van der Waals surface area contributed by atoms with Crippen LogP contribution >= 0.6 is 0 Å². The van der Waals surface area contributed by atoms with E-state index in [-0.39, 0.29) is 18.1 Å². The normalized spacial score (nSPS) is 14.5. The Morgan fingerprint density at radius 2 is 1.38 bits per heavy atom. The minimum absolute atomic E-state index is 0.0364. The molecular weight excluding hydrogens is 328 g/mol. The largest absolute Gasteiger partial charge is 0.459 e. The lowest BCUT2D eigenvalue weighted by Gasteiger charge is -2.21. The van der Waals surface area contributed by atoms with Gasteiger partial charge in [-0.05, 0) is 69.0 Å². The summed E-state index contributed by atoms with van der Waals surface area (Å²) in [5, 5.41) is 5.52. The summed E-state index contributed by atoms with van der Waals surface area (Å²) in [5.41, 5.74) is 2.97. The molecule has 5 nitrogen and oxygen atoms in total. The number of hydrogen-bond donors (Lipinski definition) is 2. The number of aryl methyl sites for hydroxylation is 1. The van der Waals surface area contributed by atoms with E-state index < -0.39 is 0 Å². The Bertz CT molecular complexity index is 748. The lowest BCUT2D eigenvalue weighted by Crippen LogP contribution is -2.21. The molecule has 3 rings (SSSR count). The fraction of sp³-hybridized carbons (Fsp3) is 0.333. The average Bonchev–Trinajstić information content (AvgIpc) is 2.65. The van der Waals surface area contributed by atoms with Crippen LogP contribution in [0, 0.1) is 6.92 Å². The lowest BCUT2D eigenvalue weighted by molar-refractivity contribution is 0.0211. The average molecular weight is 352 g/mol. The second kappa shape index (κ2) is 8.52. The molecule has 0 radical (unpaired) electrons. The van der Waals surface area contributed by atoms with E-state index in [2.05, 4.69) is 10.6 Å². The van der Waals surface area contributed by atoms with E-state index in [1.165, 1.54) is 6.42 Å². The molecule has 1 aliphatic carbocycles. The first-order valence-corrected chi connectivity index (χ1v) is 9.06. The summed E-state index contributed by atoms with van der Waals surface area (Å²) in [5.74, 6) is -0.299. The van der Waals surface area contributed by atoms with Gasteiger partial charge >= 0.3 is 12.0 Å². The van der Waals surface area contributed by atoms with Gasteiger partial charge in [-0.15, -0.1) is 0 Å². The molecule has 0 aliphatic heterocycles. The van der Waals surface area contributed by atoms with Crippen molar-refractivity contribution in [3.63, 3.8) is 0 Å². The first-order chi connectivity index (χ1) is 12.6. The number of hydrogen-bond acceptors (Lipinski definition) is 3. The minimum atomic E-state index is -0.327. The number of ether oxygens (including phenoxy) is 1. The second-order valence-corrected chi connectivity index (χ2v) is 6.69. The van der Waals surface area contributed by atoms with Gasteiger partial charge in [0.15, 0.2) is 0 Å². The number of amides is 2. The first-order valence-electron chi connectivity index (χ1n) is 9.06.